The first-order chi connectivity index (χ1) is 9.70. The average Bonchev–Trinajstić information content (AvgIpc) is 2.96. The van der Waals surface area contributed by atoms with Crippen LogP contribution in [0.3, 0.4) is 0 Å². The zero-order valence-electron chi connectivity index (χ0n) is 12.3. The molecular formula is C17H25ClFN. The summed E-state index contributed by atoms with van der Waals surface area (Å²) < 4.78 is 13.4. The molecule has 1 atom stereocenters. The van der Waals surface area contributed by atoms with E-state index in [1.807, 2.05) is 0 Å². The van der Waals surface area contributed by atoms with E-state index >= 15 is 0 Å². The van der Waals surface area contributed by atoms with Gasteiger partial charge in [-0.2, -0.15) is 0 Å². The molecule has 1 unspecified atom stereocenters. The van der Waals surface area contributed by atoms with Crippen LogP contribution in [0.15, 0.2) is 18.2 Å². The third-order valence-electron chi connectivity index (χ3n) is 4.39. The van der Waals surface area contributed by atoms with E-state index in [-0.39, 0.29) is 5.82 Å². The summed E-state index contributed by atoms with van der Waals surface area (Å²) in [5.41, 5.74) is 0.960. The van der Waals surface area contributed by atoms with Crippen LogP contribution in [0.5, 0.6) is 0 Å². The van der Waals surface area contributed by atoms with Crippen molar-refractivity contribution in [1.82, 2.24) is 5.32 Å². The molecule has 3 heteroatoms. The van der Waals surface area contributed by atoms with Crippen molar-refractivity contribution in [2.45, 2.75) is 45.4 Å². The Bertz CT molecular complexity index is 415. The molecule has 0 aliphatic heterocycles. The molecule has 112 valence electrons. The fraction of sp³-hybridized carbons (Fsp3) is 0.647. The molecule has 20 heavy (non-hydrogen) atoms. The van der Waals surface area contributed by atoms with Gasteiger partial charge in [0.05, 0.1) is 0 Å². The van der Waals surface area contributed by atoms with Crippen LogP contribution in [-0.4, -0.2) is 13.1 Å². The van der Waals surface area contributed by atoms with Gasteiger partial charge in [-0.1, -0.05) is 44.2 Å². The standard InChI is InChI=1S/C17H25ClFN/c1-2-9-20-12-15(13-5-3-4-6-13)10-14-11-16(19)7-8-17(14)18/h7-8,11,13,15,20H,2-6,9-10,12H2,1H3. The molecule has 0 radical (unpaired) electrons. The highest BCUT2D eigenvalue weighted by Crippen LogP contribution is 2.34. The van der Waals surface area contributed by atoms with Crippen molar-refractivity contribution in [2.24, 2.45) is 11.8 Å². The number of nitrogens with one attached hydrogen (secondary N) is 1. The van der Waals surface area contributed by atoms with E-state index in [0.29, 0.717) is 10.9 Å². The maximum Gasteiger partial charge on any atom is 0.123 e. The lowest BCUT2D eigenvalue weighted by Crippen LogP contribution is -2.29. The predicted octanol–water partition coefficient (Wildman–Crippen LogP) is 4.83. The first kappa shape index (κ1) is 15.8. The van der Waals surface area contributed by atoms with Gasteiger partial charge in [0.2, 0.25) is 0 Å². The van der Waals surface area contributed by atoms with E-state index in [0.717, 1.165) is 37.4 Å². The Labute approximate surface area is 126 Å². The molecule has 1 aliphatic carbocycles. The summed E-state index contributed by atoms with van der Waals surface area (Å²) in [5.74, 6) is 1.15. The fourth-order valence-corrected chi connectivity index (χ4v) is 3.48. The van der Waals surface area contributed by atoms with Gasteiger partial charge in [-0.15, -0.1) is 0 Å². The lowest BCUT2D eigenvalue weighted by atomic mass is 9.85. The normalized spacial score (nSPS) is 17.6. The lowest BCUT2D eigenvalue weighted by Gasteiger charge is -2.24. The number of hydrogen-bond donors (Lipinski definition) is 1. The summed E-state index contributed by atoms with van der Waals surface area (Å²) in [6.45, 7) is 4.26. The molecule has 0 saturated heterocycles. The lowest BCUT2D eigenvalue weighted by molar-refractivity contribution is 0.321. The fourth-order valence-electron chi connectivity index (χ4n) is 3.28. The van der Waals surface area contributed by atoms with Crippen molar-refractivity contribution >= 4 is 11.6 Å². The highest BCUT2D eigenvalue weighted by Gasteiger charge is 2.25. The van der Waals surface area contributed by atoms with E-state index in [1.54, 1.807) is 12.1 Å². The molecule has 1 nitrogen and oxygen atoms in total. The topological polar surface area (TPSA) is 12.0 Å². The van der Waals surface area contributed by atoms with Crippen LogP contribution in [0, 0.1) is 17.7 Å². The van der Waals surface area contributed by atoms with Gasteiger partial charge < -0.3 is 5.32 Å². The molecule has 1 fully saturated rings. The Morgan fingerprint density at radius 1 is 1.35 bits per heavy atom. The smallest absolute Gasteiger partial charge is 0.123 e. The minimum Gasteiger partial charge on any atom is -0.316 e. The molecule has 1 aromatic carbocycles. The van der Waals surface area contributed by atoms with Crippen molar-refractivity contribution in [1.29, 1.82) is 0 Å². The van der Waals surface area contributed by atoms with Crippen LogP contribution in [0.2, 0.25) is 5.02 Å². The minimum absolute atomic E-state index is 0.184. The molecule has 0 spiro atoms. The molecule has 1 aromatic rings. The predicted molar refractivity (Wildman–Crippen MR) is 83.7 cm³/mol. The molecule has 1 aliphatic rings. The average molecular weight is 298 g/mol. The van der Waals surface area contributed by atoms with Crippen molar-refractivity contribution in [2.75, 3.05) is 13.1 Å². The zero-order chi connectivity index (χ0) is 14.4. The summed E-state index contributed by atoms with van der Waals surface area (Å²) in [6.07, 6.45) is 7.34. The second-order valence-electron chi connectivity index (χ2n) is 5.95. The molecule has 0 bridgehead atoms. The first-order valence-corrected chi connectivity index (χ1v) is 8.23. The summed E-state index contributed by atoms with van der Waals surface area (Å²) in [6, 6.07) is 4.72. The van der Waals surface area contributed by atoms with Gasteiger partial charge in [0, 0.05) is 5.02 Å². The van der Waals surface area contributed by atoms with Gasteiger partial charge in [-0.05, 0) is 61.5 Å². The molecule has 1 saturated carbocycles. The third kappa shape index (κ3) is 4.46. The Kier molecular flexibility index (Phi) is 6.31. The van der Waals surface area contributed by atoms with E-state index < -0.39 is 0 Å². The Hall–Kier alpha value is -0.600. The molecule has 0 heterocycles. The number of halogens is 2. The van der Waals surface area contributed by atoms with Crippen LogP contribution in [-0.2, 0) is 6.42 Å². The highest BCUT2D eigenvalue weighted by atomic mass is 35.5. The van der Waals surface area contributed by atoms with Crippen molar-refractivity contribution < 1.29 is 4.39 Å². The third-order valence-corrected chi connectivity index (χ3v) is 4.76. The highest BCUT2D eigenvalue weighted by molar-refractivity contribution is 6.31. The summed E-state index contributed by atoms with van der Waals surface area (Å²) in [7, 11) is 0. The second kappa shape index (κ2) is 7.99. The summed E-state index contributed by atoms with van der Waals surface area (Å²) in [4.78, 5) is 0. The number of rotatable bonds is 7. The molecule has 0 amide bonds. The van der Waals surface area contributed by atoms with E-state index in [1.165, 1.54) is 31.7 Å². The molecule has 1 N–H and O–H groups in total. The zero-order valence-corrected chi connectivity index (χ0v) is 13.1. The van der Waals surface area contributed by atoms with Crippen molar-refractivity contribution in [3.8, 4) is 0 Å². The SMILES string of the molecule is CCCNCC(Cc1cc(F)ccc1Cl)C1CCCC1. The van der Waals surface area contributed by atoms with Gasteiger partial charge in [0.15, 0.2) is 0 Å². The number of benzene rings is 1. The van der Waals surface area contributed by atoms with Crippen molar-refractivity contribution in [3.05, 3.63) is 34.6 Å². The minimum atomic E-state index is -0.184. The maximum atomic E-state index is 13.4. The van der Waals surface area contributed by atoms with Crippen LogP contribution in [0.1, 0.15) is 44.6 Å². The van der Waals surface area contributed by atoms with Gasteiger partial charge in [-0.25, -0.2) is 4.39 Å². The quantitative estimate of drug-likeness (QED) is 0.711. The van der Waals surface area contributed by atoms with Crippen LogP contribution >= 0.6 is 11.6 Å². The summed E-state index contributed by atoms with van der Waals surface area (Å²) in [5, 5.41) is 4.23. The molecule has 0 aromatic heterocycles. The van der Waals surface area contributed by atoms with E-state index in [4.69, 9.17) is 11.6 Å². The van der Waals surface area contributed by atoms with Gasteiger partial charge in [0.1, 0.15) is 5.82 Å². The van der Waals surface area contributed by atoms with Gasteiger partial charge in [-0.3, -0.25) is 0 Å². The monoisotopic (exact) mass is 297 g/mol. The molecular weight excluding hydrogens is 273 g/mol. The first-order valence-electron chi connectivity index (χ1n) is 7.85. The Balaban J connectivity index is 2.03. The maximum absolute atomic E-state index is 13.4. The Morgan fingerprint density at radius 3 is 2.80 bits per heavy atom. The van der Waals surface area contributed by atoms with Crippen LogP contribution in [0.25, 0.3) is 0 Å². The van der Waals surface area contributed by atoms with Gasteiger partial charge in [0.25, 0.3) is 0 Å². The summed E-state index contributed by atoms with van der Waals surface area (Å²) >= 11 is 6.22. The second-order valence-corrected chi connectivity index (χ2v) is 6.36. The van der Waals surface area contributed by atoms with Crippen molar-refractivity contribution in [3.63, 3.8) is 0 Å². The molecule has 2 rings (SSSR count). The van der Waals surface area contributed by atoms with E-state index in [9.17, 15) is 4.39 Å². The Morgan fingerprint density at radius 2 is 2.10 bits per heavy atom. The van der Waals surface area contributed by atoms with Crippen LogP contribution in [0.4, 0.5) is 4.39 Å². The van der Waals surface area contributed by atoms with Gasteiger partial charge >= 0.3 is 0 Å². The number of hydrogen-bond acceptors (Lipinski definition) is 1. The van der Waals surface area contributed by atoms with E-state index in [2.05, 4.69) is 12.2 Å². The largest absolute Gasteiger partial charge is 0.316 e. The van der Waals surface area contributed by atoms with Crippen LogP contribution < -0.4 is 5.32 Å².